The van der Waals surface area contributed by atoms with Crippen molar-refractivity contribution < 1.29 is 4.42 Å². The van der Waals surface area contributed by atoms with Crippen LogP contribution in [0.1, 0.15) is 28.2 Å². The summed E-state index contributed by atoms with van der Waals surface area (Å²) in [5, 5.41) is 0. The van der Waals surface area contributed by atoms with Crippen molar-refractivity contribution in [2.45, 2.75) is 19.8 Å². The third-order valence-corrected chi connectivity index (χ3v) is 3.01. The average molecular weight is 197 g/mol. The molecule has 74 valence electrons. The molecule has 1 aliphatic rings. The molecule has 0 fully saturated rings. The predicted molar refractivity (Wildman–Crippen MR) is 59.9 cm³/mol. The van der Waals surface area contributed by atoms with Crippen LogP contribution in [0.15, 0.2) is 40.8 Å². The Morgan fingerprint density at radius 3 is 2.40 bits per heavy atom. The largest absolute Gasteiger partial charge is 0.337 e. The van der Waals surface area contributed by atoms with Gasteiger partial charge in [0.2, 0.25) is 0 Å². The molecule has 15 heavy (non-hydrogen) atoms. The molecular weight excluding hydrogens is 184 g/mol. The Bertz CT molecular complexity index is 514. The first-order valence-electron chi connectivity index (χ1n) is 5.31. The lowest BCUT2D eigenvalue weighted by molar-refractivity contribution is 0.464. The quantitative estimate of drug-likeness (QED) is 0.503. The molecule has 1 aromatic heterocycles. The van der Waals surface area contributed by atoms with Gasteiger partial charge < -0.3 is 0 Å². The van der Waals surface area contributed by atoms with Gasteiger partial charge in [0.05, 0.1) is 18.9 Å². The molecule has 2 aromatic rings. The van der Waals surface area contributed by atoms with Crippen LogP contribution in [0.4, 0.5) is 0 Å². The topological polar surface area (TPSA) is 11.3 Å². The fraction of sp³-hybridized carbons (Fsp3) is 0.214. The van der Waals surface area contributed by atoms with Crippen LogP contribution < -0.4 is 0 Å². The molecule has 1 heterocycles. The first-order chi connectivity index (χ1) is 7.33. The van der Waals surface area contributed by atoms with Gasteiger partial charge >= 0.3 is 11.5 Å². The van der Waals surface area contributed by atoms with E-state index in [-0.39, 0.29) is 0 Å². The smallest absolute Gasteiger partial charge is 0.217 e. The van der Waals surface area contributed by atoms with Crippen molar-refractivity contribution in [3.63, 3.8) is 0 Å². The summed E-state index contributed by atoms with van der Waals surface area (Å²) in [7, 11) is 0. The van der Waals surface area contributed by atoms with E-state index in [9.17, 15) is 0 Å². The van der Waals surface area contributed by atoms with E-state index in [1.807, 2.05) is 13.0 Å². The molecule has 1 nitrogen and oxygen atoms in total. The maximum atomic E-state index is 5.76. The Morgan fingerprint density at radius 1 is 0.867 bits per heavy atom. The van der Waals surface area contributed by atoms with Gasteiger partial charge in [-0.15, -0.1) is 0 Å². The fourth-order valence-electron chi connectivity index (χ4n) is 2.19. The predicted octanol–water partition coefficient (Wildman–Crippen LogP) is 3.36. The van der Waals surface area contributed by atoms with Gasteiger partial charge in [0.25, 0.3) is 0 Å². The highest BCUT2D eigenvalue weighted by Gasteiger charge is 2.24. The summed E-state index contributed by atoms with van der Waals surface area (Å²) in [5.41, 5.74) is 4.17. The second-order valence-corrected chi connectivity index (χ2v) is 4.12. The van der Waals surface area contributed by atoms with Gasteiger partial charge in [-0.2, -0.15) is 0 Å². The highest BCUT2D eigenvalue weighted by atomic mass is 16.3. The van der Waals surface area contributed by atoms with Crippen LogP contribution >= 0.6 is 0 Å². The summed E-state index contributed by atoms with van der Waals surface area (Å²) in [6, 6.07) is 12.8. The molecule has 0 atom stereocenters. The van der Waals surface area contributed by atoms with Gasteiger partial charge in [-0.25, -0.2) is 4.42 Å². The molecule has 1 heteroatoms. The van der Waals surface area contributed by atoms with E-state index in [0.29, 0.717) is 0 Å². The number of benzene rings is 1. The highest BCUT2D eigenvalue weighted by molar-refractivity contribution is 5.41. The molecular formula is C14H13O+. The Hall–Kier alpha value is -1.63. The third-order valence-electron chi connectivity index (χ3n) is 3.01. The molecule has 0 spiro atoms. The minimum Gasteiger partial charge on any atom is -0.217 e. The maximum Gasteiger partial charge on any atom is 0.337 e. The molecule has 1 aromatic carbocycles. The first-order valence-corrected chi connectivity index (χ1v) is 5.31. The Balaban J connectivity index is 2.11. The molecule has 0 radical (unpaired) electrons. The first kappa shape index (κ1) is 8.66. The van der Waals surface area contributed by atoms with Gasteiger partial charge in [-0.3, -0.25) is 0 Å². The van der Waals surface area contributed by atoms with Crippen molar-refractivity contribution in [1.82, 2.24) is 0 Å². The van der Waals surface area contributed by atoms with E-state index in [1.54, 1.807) is 0 Å². The Labute approximate surface area is 89.4 Å². The molecule has 0 amide bonds. The second kappa shape index (κ2) is 3.20. The molecule has 0 bridgehead atoms. The standard InChI is InChI=1S/C14H13O/c1-10-6-7-13-8-11-4-2-3-5-12(11)9-14(13)15-10/h2-7H,8-9H2,1H3/q+1. The van der Waals surface area contributed by atoms with E-state index in [2.05, 4.69) is 30.3 Å². The molecule has 0 unspecified atom stereocenters. The number of aryl methyl sites for hydroxylation is 1. The summed E-state index contributed by atoms with van der Waals surface area (Å²) >= 11 is 0. The van der Waals surface area contributed by atoms with Crippen LogP contribution in [-0.2, 0) is 12.8 Å². The molecule has 0 N–H and O–H groups in total. The fourth-order valence-corrected chi connectivity index (χ4v) is 2.19. The zero-order chi connectivity index (χ0) is 10.3. The lowest BCUT2D eigenvalue weighted by Gasteiger charge is -2.12. The Kier molecular flexibility index (Phi) is 1.84. The van der Waals surface area contributed by atoms with Gasteiger partial charge in [0.1, 0.15) is 0 Å². The van der Waals surface area contributed by atoms with E-state index >= 15 is 0 Å². The zero-order valence-corrected chi connectivity index (χ0v) is 8.79. The van der Waals surface area contributed by atoms with Crippen molar-refractivity contribution in [1.29, 1.82) is 0 Å². The SMILES string of the molecule is Cc1ccc2c([o+]1)Cc1ccccc1C2. The molecule has 0 saturated heterocycles. The summed E-state index contributed by atoms with van der Waals surface area (Å²) in [6.45, 7) is 2.00. The number of hydrogen-bond acceptors (Lipinski definition) is 0. The van der Waals surface area contributed by atoms with Gasteiger partial charge in [0.15, 0.2) is 0 Å². The average Bonchev–Trinajstić information content (AvgIpc) is 2.26. The van der Waals surface area contributed by atoms with Crippen LogP contribution in [0.5, 0.6) is 0 Å². The number of hydrogen-bond donors (Lipinski definition) is 0. The molecule has 0 saturated carbocycles. The van der Waals surface area contributed by atoms with Crippen molar-refractivity contribution in [3.8, 4) is 0 Å². The zero-order valence-electron chi connectivity index (χ0n) is 8.79. The summed E-state index contributed by atoms with van der Waals surface area (Å²) in [6.07, 6.45) is 1.95. The van der Waals surface area contributed by atoms with Crippen LogP contribution in [0.2, 0.25) is 0 Å². The third kappa shape index (κ3) is 1.44. The van der Waals surface area contributed by atoms with E-state index in [4.69, 9.17) is 4.42 Å². The summed E-state index contributed by atoms with van der Waals surface area (Å²) in [4.78, 5) is 0. The highest BCUT2D eigenvalue weighted by Crippen LogP contribution is 2.27. The van der Waals surface area contributed by atoms with Crippen molar-refractivity contribution in [3.05, 3.63) is 64.6 Å². The number of rotatable bonds is 0. The Morgan fingerprint density at radius 2 is 1.60 bits per heavy atom. The van der Waals surface area contributed by atoms with Gasteiger partial charge in [-0.1, -0.05) is 24.3 Å². The van der Waals surface area contributed by atoms with Crippen molar-refractivity contribution in [2.24, 2.45) is 0 Å². The van der Waals surface area contributed by atoms with E-state index < -0.39 is 0 Å². The lowest BCUT2D eigenvalue weighted by atomic mass is 9.90. The minimum atomic E-state index is 0.938. The second-order valence-electron chi connectivity index (χ2n) is 4.12. The molecule has 0 aliphatic heterocycles. The van der Waals surface area contributed by atoms with E-state index in [0.717, 1.165) is 24.4 Å². The van der Waals surface area contributed by atoms with Gasteiger partial charge in [-0.05, 0) is 17.2 Å². The van der Waals surface area contributed by atoms with Crippen LogP contribution in [-0.4, -0.2) is 0 Å². The monoisotopic (exact) mass is 197 g/mol. The van der Waals surface area contributed by atoms with Crippen LogP contribution in [0.25, 0.3) is 0 Å². The van der Waals surface area contributed by atoms with Crippen molar-refractivity contribution >= 4 is 0 Å². The molecule has 1 aliphatic carbocycles. The van der Waals surface area contributed by atoms with Gasteiger partial charge in [0, 0.05) is 12.5 Å². The summed E-state index contributed by atoms with van der Waals surface area (Å²) in [5.74, 6) is 2.13. The minimum absolute atomic E-state index is 0.938. The van der Waals surface area contributed by atoms with Crippen LogP contribution in [0.3, 0.4) is 0 Å². The van der Waals surface area contributed by atoms with Crippen LogP contribution in [0, 0.1) is 6.92 Å². The summed E-state index contributed by atoms with van der Waals surface area (Å²) < 4.78 is 5.76. The molecule has 3 rings (SSSR count). The lowest BCUT2D eigenvalue weighted by Crippen LogP contribution is -2.07. The maximum absolute atomic E-state index is 5.76. The van der Waals surface area contributed by atoms with E-state index in [1.165, 1.54) is 16.7 Å². The van der Waals surface area contributed by atoms with Crippen molar-refractivity contribution in [2.75, 3.05) is 0 Å². The number of fused-ring (bicyclic) bond motifs is 2. The normalized spacial score (nSPS) is 13.1.